The summed E-state index contributed by atoms with van der Waals surface area (Å²) in [7, 11) is 0. The lowest BCUT2D eigenvalue weighted by Gasteiger charge is -2.14. The highest BCUT2D eigenvalue weighted by Crippen LogP contribution is 2.10. The summed E-state index contributed by atoms with van der Waals surface area (Å²) in [5.74, 6) is -0.0957. The average molecular weight is 277 g/mol. The first-order chi connectivity index (χ1) is 9.33. The number of fused-ring (bicyclic) bond motifs is 1. The van der Waals surface area contributed by atoms with E-state index in [9.17, 15) is 4.79 Å². The molecule has 1 saturated heterocycles. The molecule has 0 atom stereocenters. The van der Waals surface area contributed by atoms with Crippen LogP contribution in [0, 0.1) is 0 Å². The maximum atomic E-state index is 12.0. The lowest BCUT2D eigenvalue weighted by Crippen LogP contribution is -2.33. The van der Waals surface area contributed by atoms with Gasteiger partial charge in [0.15, 0.2) is 5.65 Å². The van der Waals surface area contributed by atoms with Gasteiger partial charge in [-0.1, -0.05) is 0 Å². The molecule has 19 heavy (non-hydrogen) atoms. The first-order valence-corrected chi connectivity index (χ1v) is 7.15. The molecule has 1 N–H and O–H groups in total. The van der Waals surface area contributed by atoms with Gasteiger partial charge in [-0.15, -0.1) is 0 Å². The smallest absolute Gasteiger partial charge is 0.252 e. The molecule has 1 fully saturated rings. The summed E-state index contributed by atoms with van der Waals surface area (Å²) in [5.41, 5.74) is 1.82. The molecule has 100 valence electrons. The number of nitrogens with one attached hydrogen (secondary N) is 1. The predicted octanol–water partition coefficient (Wildman–Crippen LogP) is 0.912. The van der Waals surface area contributed by atoms with Crippen molar-refractivity contribution in [1.29, 1.82) is 0 Å². The molecule has 2 aromatic heterocycles. The SMILES string of the molecule is O=C(NCCN1CCCC1)c1cnc2nsnc2c1. The minimum Gasteiger partial charge on any atom is -0.351 e. The van der Waals surface area contributed by atoms with Gasteiger partial charge in [0.25, 0.3) is 5.91 Å². The Bertz CT molecular complexity index is 578. The Morgan fingerprint density at radius 1 is 1.37 bits per heavy atom. The molecule has 3 heterocycles. The fourth-order valence-electron chi connectivity index (χ4n) is 2.25. The number of aromatic nitrogens is 3. The summed E-state index contributed by atoms with van der Waals surface area (Å²) < 4.78 is 8.10. The number of carbonyl (C=O) groups is 1. The van der Waals surface area contributed by atoms with E-state index in [0.29, 0.717) is 23.3 Å². The second-order valence-corrected chi connectivity index (χ2v) is 5.16. The van der Waals surface area contributed by atoms with Crippen LogP contribution >= 0.6 is 11.7 Å². The topological polar surface area (TPSA) is 71.0 Å². The molecule has 0 saturated carbocycles. The van der Waals surface area contributed by atoms with Crippen molar-refractivity contribution in [2.24, 2.45) is 0 Å². The van der Waals surface area contributed by atoms with Crippen molar-refractivity contribution in [1.82, 2.24) is 23.9 Å². The van der Waals surface area contributed by atoms with Gasteiger partial charge >= 0.3 is 0 Å². The van der Waals surface area contributed by atoms with E-state index in [4.69, 9.17) is 0 Å². The van der Waals surface area contributed by atoms with E-state index in [1.807, 2.05) is 0 Å². The van der Waals surface area contributed by atoms with Gasteiger partial charge in [0.1, 0.15) is 5.52 Å². The fourth-order valence-corrected chi connectivity index (χ4v) is 2.73. The highest BCUT2D eigenvalue weighted by atomic mass is 32.1. The van der Waals surface area contributed by atoms with Crippen LogP contribution in [0.15, 0.2) is 12.3 Å². The van der Waals surface area contributed by atoms with Crippen molar-refractivity contribution in [2.45, 2.75) is 12.8 Å². The number of nitrogens with zero attached hydrogens (tertiary/aromatic N) is 4. The fraction of sp³-hybridized carbons (Fsp3) is 0.500. The van der Waals surface area contributed by atoms with Crippen molar-refractivity contribution >= 4 is 28.8 Å². The summed E-state index contributed by atoms with van der Waals surface area (Å²) in [4.78, 5) is 18.5. The van der Waals surface area contributed by atoms with Gasteiger partial charge in [0.05, 0.1) is 17.3 Å². The molecular formula is C12H15N5OS. The van der Waals surface area contributed by atoms with E-state index in [0.717, 1.165) is 31.4 Å². The Morgan fingerprint density at radius 3 is 3.05 bits per heavy atom. The third kappa shape index (κ3) is 2.87. The zero-order valence-electron chi connectivity index (χ0n) is 10.5. The average Bonchev–Trinajstić information content (AvgIpc) is 3.08. The van der Waals surface area contributed by atoms with Crippen molar-refractivity contribution in [2.75, 3.05) is 26.2 Å². The molecule has 0 unspecified atom stereocenters. The van der Waals surface area contributed by atoms with Crippen LogP contribution < -0.4 is 5.32 Å². The first kappa shape index (κ1) is 12.4. The Labute approximate surface area is 115 Å². The van der Waals surface area contributed by atoms with Crippen LogP contribution in [-0.4, -0.2) is 50.7 Å². The van der Waals surface area contributed by atoms with Crippen molar-refractivity contribution in [3.05, 3.63) is 17.8 Å². The normalized spacial score (nSPS) is 16.0. The highest BCUT2D eigenvalue weighted by molar-refractivity contribution is 7.00. The van der Waals surface area contributed by atoms with Gasteiger partial charge in [-0.3, -0.25) is 4.79 Å². The van der Waals surface area contributed by atoms with Crippen LogP contribution in [0.2, 0.25) is 0 Å². The largest absolute Gasteiger partial charge is 0.351 e. The number of rotatable bonds is 4. The minimum absolute atomic E-state index is 0.0957. The molecule has 0 spiro atoms. The molecule has 2 aromatic rings. The molecule has 1 aliphatic rings. The third-order valence-corrected chi connectivity index (χ3v) is 3.82. The quantitative estimate of drug-likeness (QED) is 0.899. The van der Waals surface area contributed by atoms with Crippen LogP contribution in [0.25, 0.3) is 11.2 Å². The van der Waals surface area contributed by atoms with Gasteiger partial charge in [-0.25, -0.2) is 4.98 Å². The molecule has 0 aromatic carbocycles. The zero-order valence-corrected chi connectivity index (χ0v) is 11.3. The van der Waals surface area contributed by atoms with Crippen LogP contribution in [-0.2, 0) is 0 Å². The second-order valence-electron chi connectivity index (χ2n) is 4.64. The number of hydrogen-bond acceptors (Lipinski definition) is 6. The van der Waals surface area contributed by atoms with Gasteiger partial charge < -0.3 is 10.2 Å². The summed E-state index contributed by atoms with van der Waals surface area (Å²) >= 11 is 1.11. The molecule has 0 aliphatic carbocycles. The van der Waals surface area contributed by atoms with Gasteiger partial charge in [-0.05, 0) is 32.0 Å². The maximum absolute atomic E-state index is 12.0. The molecule has 1 amide bonds. The molecule has 1 aliphatic heterocycles. The Kier molecular flexibility index (Phi) is 3.65. The van der Waals surface area contributed by atoms with E-state index < -0.39 is 0 Å². The Balaban J connectivity index is 1.56. The van der Waals surface area contributed by atoms with Gasteiger partial charge in [-0.2, -0.15) is 8.75 Å². The third-order valence-electron chi connectivity index (χ3n) is 3.29. The molecular weight excluding hydrogens is 262 g/mol. The van der Waals surface area contributed by atoms with Crippen molar-refractivity contribution in [3.63, 3.8) is 0 Å². The number of hydrogen-bond donors (Lipinski definition) is 1. The number of pyridine rings is 1. The maximum Gasteiger partial charge on any atom is 0.252 e. The van der Waals surface area contributed by atoms with E-state index in [1.165, 1.54) is 12.8 Å². The molecule has 0 radical (unpaired) electrons. The number of likely N-dealkylation sites (tertiary alicyclic amines) is 1. The summed E-state index contributed by atoms with van der Waals surface area (Å²) in [5, 5.41) is 2.92. The van der Waals surface area contributed by atoms with E-state index in [-0.39, 0.29) is 5.91 Å². The Morgan fingerprint density at radius 2 is 2.21 bits per heavy atom. The van der Waals surface area contributed by atoms with Crippen molar-refractivity contribution < 1.29 is 4.79 Å². The number of carbonyl (C=O) groups excluding carboxylic acids is 1. The molecule has 3 rings (SSSR count). The summed E-state index contributed by atoms with van der Waals surface area (Å²) in [6.07, 6.45) is 4.09. The lowest BCUT2D eigenvalue weighted by molar-refractivity contribution is 0.0949. The van der Waals surface area contributed by atoms with Crippen LogP contribution in [0.5, 0.6) is 0 Å². The lowest BCUT2D eigenvalue weighted by atomic mass is 10.2. The van der Waals surface area contributed by atoms with E-state index >= 15 is 0 Å². The second kappa shape index (κ2) is 5.58. The summed E-state index contributed by atoms with van der Waals surface area (Å²) in [6, 6.07) is 1.73. The highest BCUT2D eigenvalue weighted by Gasteiger charge is 2.12. The standard InChI is InChI=1S/C12H15N5OS/c18-12(13-3-6-17-4-1-2-5-17)9-7-10-11(14-8-9)16-19-15-10/h7-8H,1-6H2,(H,13,18). The summed E-state index contributed by atoms with van der Waals surface area (Å²) in [6.45, 7) is 3.88. The molecule has 6 nitrogen and oxygen atoms in total. The zero-order chi connectivity index (χ0) is 13.1. The van der Waals surface area contributed by atoms with Gasteiger partial charge in [0.2, 0.25) is 0 Å². The van der Waals surface area contributed by atoms with Crippen LogP contribution in [0.4, 0.5) is 0 Å². The van der Waals surface area contributed by atoms with Crippen LogP contribution in [0.1, 0.15) is 23.2 Å². The predicted molar refractivity (Wildman–Crippen MR) is 73.2 cm³/mol. The minimum atomic E-state index is -0.0957. The molecule has 0 bridgehead atoms. The van der Waals surface area contributed by atoms with Crippen molar-refractivity contribution in [3.8, 4) is 0 Å². The first-order valence-electron chi connectivity index (χ1n) is 6.42. The monoisotopic (exact) mass is 277 g/mol. The Hall–Kier alpha value is -1.60. The van der Waals surface area contributed by atoms with Gasteiger partial charge in [0, 0.05) is 19.3 Å². The van der Waals surface area contributed by atoms with Crippen LogP contribution in [0.3, 0.4) is 0 Å². The van der Waals surface area contributed by atoms with E-state index in [1.54, 1.807) is 12.3 Å². The number of amides is 1. The van der Waals surface area contributed by atoms with E-state index in [2.05, 4.69) is 23.9 Å². The molecule has 7 heteroatoms.